The maximum atomic E-state index is 12.2. The molecular weight excluding hydrogens is 294 g/mol. The number of amides is 1. The summed E-state index contributed by atoms with van der Waals surface area (Å²) in [4.78, 5) is 19.9. The molecule has 22 heavy (non-hydrogen) atoms. The minimum Gasteiger partial charge on any atom is -0.299 e. The zero-order valence-corrected chi connectivity index (χ0v) is 13.7. The number of rotatable bonds is 4. The summed E-state index contributed by atoms with van der Waals surface area (Å²) in [6, 6.07) is 7.90. The van der Waals surface area contributed by atoms with Gasteiger partial charge in [-0.15, -0.1) is 11.3 Å². The predicted octanol–water partition coefficient (Wildman–Crippen LogP) is 3.69. The van der Waals surface area contributed by atoms with Gasteiger partial charge in [-0.2, -0.15) is 0 Å². The number of nitrogens with one attached hydrogen (secondary N) is 1. The number of carbonyl (C=O) groups excluding carboxylic acids is 1. The highest BCUT2D eigenvalue weighted by atomic mass is 32.1. The van der Waals surface area contributed by atoms with E-state index in [4.69, 9.17) is 0 Å². The summed E-state index contributed by atoms with van der Waals surface area (Å²) in [6.07, 6.45) is 5.72. The molecule has 1 aliphatic heterocycles. The predicted molar refractivity (Wildman–Crippen MR) is 90.4 cm³/mol. The third-order valence-electron chi connectivity index (χ3n) is 3.91. The third-order valence-corrected chi connectivity index (χ3v) is 4.74. The van der Waals surface area contributed by atoms with Crippen LogP contribution in [0.4, 0.5) is 5.13 Å². The Balaban J connectivity index is 1.59. The SMILES string of the molecule is Cc1cnc(NC(=O)c2ccc(CN3CCCCC3)cc2)s1. The summed E-state index contributed by atoms with van der Waals surface area (Å²) in [6.45, 7) is 5.33. The number of piperidine rings is 1. The van der Waals surface area contributed by atoms with Crippen LogP contribution in [0.3, 0.4) is 0 Å². The molecule has 1 saturated heterocycles. The zero-order valence-electron chi connectivity index (χ0n) is 12.8. The van der Waals surface area contributed by atoms with Crippen molar-refractivity contribution in [2.75, 3.05) is 18.4 Å². The van der Waals surface area contributed by atoms with Crippen molar-refractivity contribution in [1.82, 2.24) is 9.88 Å². The second-order valence-corrected chi connectivity index (χ2v) is 7.00. The highest BCUT2D eigenvalue weighted by Gasteiger charge is 2.12. The van der Waals surface area contributed by atoms with E-state index in [0.29, 0.717) is 10.7 Å². The van der Waals surface area contributed by atoms with Gasteiger partial charge in [-0.1, -0.05) is 18.6 Å². The Kier molecular flexibility index (Phi) is 4.85. The van der Waals surface area contributed by atoms with E-state index in [2.05, 4.69) is 27.3 Å². The van der Waals surface area contributed by atoms with Gasteiger partial charge < -0.3 is 0 Å². The lowest BCUT2D eigenvalue weighted by Crippen LogP contribution is -2.29. The summed E-state index contributed by atoms with van der Waals surface area (Å²) >= 11 is 1.49. The van der Waals surface area contributed by atoms with Crippen LogP contribution < -0.4 is 5.32 Å². The Hall–Kier alpha value is -1.72. The molecule has 2 heterocycles. The minimum atomic E-state index is -0.0983. The van der Waals surface area contributed by atoms with E-state index in [9.17, 15) is 4.79 Å². The van der Waals surface area contributed by atoms with E-state index < -0.39 is 0 Å². The monoisotopic (exact) mass is 315 g/mol. The lowest BCUT2D eigenvalue weighted by atomic mass is 10.1. The summed E-state index contributed by atoms with van der Waals surface area (Å²) in [5, 5.41) is 3.49. The molecule has 1 amide bonds. The highest BCUT2D eigenvalue weighted by Crippen LogP contribution is 2.18. The number of hydrogen-bond acceptors (Lipinski definition) is 4. The molecule has 1 aromatic carbocycles. The summed E-state index contributed by atoms with van der Waals surface area (Å²) < 4.78 is 0. The van der Waals surface area contributed by atoms with Crippen LogP contribution in [-0.2, 0) is 6.54 Å². The number of aromatic nitrogens is 1. The van der Waals surface area contributed by atoms with Crippen molar-refractivity contribution in [1.29, 1.82) is 0 Å². The molecule has 2 aromatic rings. The first-order valence-electron chi connectivity index (χ1n) is 7.76. The van der Waals surface area contributed by atoms with Gasteiger partial charge in [0.2, 0.25) is 0 Å². The number of benzene rings is 1. The normalized spacial score (nSPS) is 15.7. The topological polar surface area (TPSA) is 45.2 Å². The van der Waals surface area contributed by atoms with Gasteiger partial charge in [0.25, 0.3) is 5.91 Å². The smallest absolute Gasteiger partial charge is 0.257 e. The minimum absolute atomic E-state index is 0.0983. The molecule has 4 nitrogen and oxygen atoms in total. The van der Waals surface area contributed by atoms with E-state index >= 15 is 0 Å². The van der Waals surface area contributed by atoms with Gasteiger partial charge in [0.1, 0.15) is 0 Å². The number of anilines is 1. The molecule has 5 heteroatoms. The Morgan fingerprint density at radius 2 is 1.95 bits per heavy atom. The molecule has 116 valence electrons. The first-order chi connectivity index (χ1) is 10.7. The van der Waals surface area contributed by atoms with Crippen molar-refractivity contribution in [2.45, 2.75) is 32.7 Å². The van der Waals surface area contributed by atoms with Crippen LogP contribution in [0.2, 0.25) is 0 Å². The van der Waals surface area contributed by atoms with Crippen molar-refractivity contribution in [3.8, 4) is 0 Å². The number of carbonyl (C=O) groups is 1. The first kappa shape index (κ1) is 15.2. The Morgan fingerprint density at radius 1 is 1.23 bits per heavy atom. The Labute approximate surface area is 135 Å². The largest absolute Gasteiger partial charge is 0.299 e. The van der Waals surface area contributed by atoms with Crippen LogP contribution in [0.5, 0.6) is 0 Å². The van der Waals surface area contributed by atoms with Crippen molar-refractivity contribution >= 4 is 22.4 Å². The van der Waals surface area contributed by atoms with Gasteiger partial charge in [0.15, 0.2) is 5.13 Å². The number of aryl methyl sites for hydroxylation is 1. The summed E-state index contributed by atoms with van der Waals surface area (Å²) in [5.74, 6) is -0.0983. The molecule has 0 atom stereocenters. The van der Waals surface area contributed by atoms with Crippen molar-refractivity contribution in [2.24, 2.45) is 0 Å². The van der Waals surface area contributed by atoms with E-state index in [1.807, 2.05) is 19.1 Å². The van der Waals surface area contributed by atoms with Crippen LogP contribution in [0.15, 0.2) is 30.5 Å². The highest BCUT2D eigenvalue weighted by molar-refractivity contribution is 7.15. The lowest BCUT2D eigenvalue weighted by molar-refractivity contribution is 0.102. The van der Waals surface area contributed by atoms with Crippen molar-refractivity contribution < 1.29 is 4.79 Å². The number of hydrogen-bond donors (Lipinski definition) is 1. The molecule has 3 rings (SSSR count). The van der Waals surface area contributed by atoms with Crippen LogP contribution in [0.1, 0.15) is 40.1 Å². The fraction of sp³-hybridized carbons (Fsp3) is 0.412. The van der Waals surface area contributed by atoms with Crippen LogP contribution in [-0.4, -0.2) is 28.9 Å². The number of nitrogens with zero attached hydrogens (tertiary/aromatic N) is 2. The van der Waals surface area contributed by atoms with E-state index in [1.165, 1.54) is 49.3 Å². The average molecular weight is 315 g/mol. The van der Waals surface area contributed by atoms with Gasteiger partial charge in [-0.05, 0) is 50.6 Å². The zero-order chi connectivity index (χ0) is 15.4. The molecule has 0 spiro atoms. The van der Waals surface area contributed by atoms with Gasteiger partial charge >= 0.3 is 0 Å². The quantitative estimate of drug-likeness (QED) is 0.936. The molecule has 0 bridgehead atoms. The van der Waals surface area contributed by atoms with Gasteiger partial charge in [0, 0.05) is 23.2 Å². The molecule has 1 aromatic heterocycles. The average Bonchev–Trinajstić information content (AvgIpc) is 2.94. The van der Waals surface area contributed by atoms with Gasteiger partial charge in [0.05, 0.1) is 0 Å². The van der Waals surface area contributed by atoms with E-state index in [-0.39, 0.29) is 5.91 Å². The van der Waals surface area contributed by atoms with Crippen LogP contribution in [0, 0.1) is 6.92 Å². The van der Waals surface area contributed by atoms with Crippen molar-refractivity contribution in [3.63, 3.8) is 0 Å². The number of thiazole rings is 1. The standard InChI is InChI=1S/C17H21N3OS/c1-13-11-18-17(22-13)19-16(21)15-7-5-14(6-8-15)12-20-9-3-2-4-10-20/h5-8,11H,2-4,9-10,12H2,1H3,(H,18,19,21). The summed E-state index contributed by atoms with van der Waals surface area (Å²) in [7, 11) is 0. The van der Waals surface area contributed by atoms with Crippen molar-refractivity contribution in [3.05, 3.63) is 46.5 Å². The van der Waals surface area contributed by atoms with Crippen LogP contribution >= 0.6 is 11.3 Å². The maximum Gasteiger partial charge on any atom is 0.257 e. The lowest BCUT2D eigenvalue weighted by Gasteiger charge is -2.26. The molecular formula is C17H21N3OS. The molecule has 0 saturated carbocycles. The Bertz CT molecular complexity index is 630. The van der Waals surface area contributed by atoms with Gasteiger partial charge in [-0.25, -0.2) is 4.98 Å². The third kappa shape index (κ3) is 3.93. The molecule has 1 aliphatic rings. The fourth-order valence-corrected chi connectivity index (χ4v) is 3.38. The summed E-state index contributed by atoms with van der Waals surface area (Å²) in [5.41, 5.74) is 1.94. The van der Waals surface area contributed by atoms with Gasteiger partial charge in [-0.3, -0.25) is 15.0 Å². The molecule has 0 radical (unpaired) electrons. The number of likely N-dealkylation sites (tertiary alicyclic amines) is 1. The maximum absolute atomic E-state index is 12.2. The van der Waals surface area contributed by atoms with Crippen LogP contribution in [0.25, 0.3) is 0 Å². The molecule has 1 fully saturated rings. The fourth-order valence-electron chi connectivity index (χ4n) is 2.72. The van der Waals surface area contributed by atoms with E-state index in [1.54, 1.807) is 6.20 Å². The molecule has 0 aliphatic carbocycles. The Morgan fingerprint density at radius 3 is 2.59 bits per heavy atom. The first-order valence-corrected chi connectivity index (χ1v) is 8.57. The molecule has 0 unspecified atom stereocenters. The second-order valence-electron chi connectivity index (χ2n) is 5.76. The second kappa shape index (κ2) is 7.03. The molecule has 1 N–H and O–H groups in total. The van der Waals surface area contributed by atoms with E-state index in [0.717, 1.165) is 11.4 Å².